The third kappa shape index (κ3) is 3.25. The Morgan fingerprint density at radius 2 is 1.90 bits per heavy atom. The molecule has 2 aromatic heterocycles. The van der Waals surface area contributed by atoms with Gasteiger partial charge in [-0.15, -0.1) is 0 Å². The number of halogens is 1. The molecule has 142 valence electrons. The second-order valence-corrected chi connectivity index (χ2v) is 6.56. The molecule has 3 aromatic carbocycles. The van der Waals surface area contributed by atoms with Gasteiger partial charge in [-0.25, -0.2) is 14.4 Å². The third-order valence-corrected chi connectivity index (χ3v) is 4.64. The minimum absolute atomic E-state index is 0.329. The van der Waals surface area contributed by atoms with Crippen LogP contribution in [-0.2, 0) is 0 Å². The van der Waals surface area contributed by atoms with Gasteiger partial charge in [-0.1, -0.05) is 18.2 Å². The molecule has 0 amide bonds. The molecule has 0 saturated carbocycles. The first-order valence-corrected chi connectivity index (χ1v) is 9.07. The molecule has 2 heterocycles. The second kappa shape index (κ2) is 6.91. The van der Waals surface area contributed by atoms with Crippen molar-refractivity contribution < 1.29 is 13.5 Å². The molecular weight excluding hydrogens is 369 g/mol. The van der Waals surface area contributed by atoms with Gasteiger partial charge in [-0.2, -0.15) is 0 Å². The number of imidazole rings is 1. The van der Waals surface area contributed by atoms with Gasteiger partial charge < -0.3 is 14.1 Å². The standard InChI is InChI=1S/C23H16FN3O2/c1-28-17-10-9-14-11-18(22-26-19-7-2-3-8-20(19)27-22)23(29-21(14)13-17)25-16-6-4-5-15(24)12-16/h2-13H,1H3,(H,26,27). The molecule has 0 aliphatic rings. The summed E-state index contributed by atoms with van der Waals surface area (Å²) in [4.78, 5) is 12.5. The zero-order chi connectivity index (χ0) is 19.8. The van der Waals surface area contributed by atoms with Crippen molar-refractivity contribution >= 4 is 27.7 Å². The SMILES string of the molecule is COc1ccc2cc(-c3nc4ccccc4[nH]3)c(=Nc3cccc(F)c3)oc2c1. The Morgan fingerprint density at radius 1 is 1.00 bits per heavy atom. The van der Waals surface area contributed by atoms with Crippen molar-refractivity contribution in [1.82, 2.24) is 9.97 Å². The summed E-state index contributed by atoms with van der Waals surface area (Å²) in [5.74, 6) is 0.941. The van der Waals surface area contributed by atoms with Crippen LogP contribution in [0.5, 0.6) is 5.75 Å². The quantitative estimate of drug-likeness (QED) is 0.455. The van der Waals surface area contributed by atoms with Crippen LogP contribution in [0.15, 0.2) is 82.2 Å². The van der Waals surface area contributed by atoms with E-state index in [1.807, 2.05) is 42.5 Å². The summed E-state index contributed by atoms with van der Waals surface area (Å²) in [6.07, 6.45) is 0. The molecule has 0 aliphatic heterocycles. The van der Waals surface area contributed by atoms with Gasteiger partial charge in [-0.05, 0) is 48.5 Å². The summed E-state index contributed by atoms with van der Waals surface area (Å²) in [5, 5.41) is 0.874. The van der Waals surface area contributed by atoms with Crippen LogP contribution in [0.25, 0.3) is 33.4 Å². The fourth-order valence-electron chi connectivity index (χ4n) is 3.22. The predicted molar refractivity (Wildman–Crippen MR) is 109 cm³/mol. The Morgan fingerprint density at radius 3 is 2.72 bits per heavy atom. The normalized spacial score (nSPS) is 12.0. The number of nitrogens with one attached hydrogen (secondary N) is 1. The van der Waals surface area contributed by atoms with Gasteiger partial charge in [-0.3, -0.25) is 0 Å². The minimum Gasteiger partial charge on any atom is -0.497 e. The molecule has 0 unspecified atom stereocenters. The van der Waals surface area contributed by atoms with Crippen molar-refractivity contribution in [2.24, 2.45) is 4.99 Å². The van der Waals surface area contributed by atoms with Crippen LogP contribution in [-0.4, -0.2) is 17.1 Å². The number of aromatic amines is 1. The van der Waals surface area contributed by atoms with Crippen molar-refractivity contribution in [3.05, 3.63) is 84.2 Å². The van der Waals surface area contributed by atoms with Crippen molar-refractivity contribution in [1.29, 1.82) is 0 Å². The van der Waals surface area contributed by atoms with Crippen LogP contribution in [0.3, 0.4) is 0 Å². The predicted octanol–water partition coefficient (Wildman–Crippen LogP) is 5.36. The Labute approximate surface area is 165 Å². The molecule has 0 aliphatic carbocycles. The van der Waals surface area contributed by atoms with E-state index in [-0.39, 0.29) is 5.82 Å². The Hall–Kier alpha value is -3.93. The summed E-state index contributed by atoms with van der Waals surface area (Å²) in [7, 11) is 1.60. The lowest BCUT2D eigenvalue weighted by Gasteiger charge is -2.05. The number of H-pyrrole nitrogens is 1. The number of para-hydroxylation sites is 2. The van der Waals surface area contributed by atoms with Crippen LogP contribution in [0.4, 0.5) is 10.1 Å². The number of ether oxygens (including phenoxy) is 1. The number of aromatic nitrogens is 2. The zero-order valence-corrected chi connectivity index (χ0v) is 15.5. The van der Waals surface area contributed by atoms with Gasteiger partial charge >= 0.3 is 0 Å². The lowest BCUT2D eigenvalue weighted by Crippen LogP contribution is -2.06. The van der Waals surface area contributed by atoms with E-state index in [1.54, 1.807) is 25.3 Å². The van der Waals surface area contributed by atoms with Crippen LogP contribution in [0, 0.1) is 5.82 Å². The van der Waals surface area contributed by atoms with Crippen LogP contribution in [0.2, 0.25) is 0 Å². The molecule has 0 spiro atoms. The maximum absolute atomic E-state index is 13.7. The van der Waals surface area contributed by atoms with E-state index >= 15 is 0 Å². The Balaban J connectivity index is 1.80. The highest BCUT2D eigenvalue weighted by Crippen LogP contribution is 2.25. The molecular formula is C23H16FN3O2. The summed E-state index contributed by atoms with van der Waals surface area (Å²) in [6, 6.07) is 21.3. The van der Waals surface area contributed by atoms with E-state index < -0.39 is 0 Å². The van der Waals surface area contributed by atoms with Crippen molar-refractivity contribution in [2.75, 3.05) is 7.11 Å². The van der Waals surface area contributed by atoms with E-state index in [0.29, 0.717) is 34.0 Å². The minimum atomic E-state index is -0.362. The highest BCUT2D eigenvalue weighted by Gasteiger charge is 2.12. The average Bonchev–Trinajstić information content (AvgIpc) is 3.17. The van der Waals surface area contributed by atoms with Crippen LogP contribution < -0.4 is 10.3 Å². The van der Waals surface area contributed by atoms with E-state index in [0.717, 1.165) is 16.4 Å². The number of methoxy groups -OCH3 is 1. The second-order valence-electron chi connectivity index (χ2n) is 6.56. The molecule has 0 fully saturated rings. The van der Waals surface area contributed by atoms with Crippen molar-refractivity contribution in [3.8, 4) is 17.1 Å². The largest absolute Gasteiger partial charge is 0.497 e. The first-order valence-electron chi connectivity index (χ1n) is 9.07. The number of hydrogen-bond donors (Lipinski definition) is 1. The molecule has 5 aromatic rings. The first kappa shape index (κ1) is 17.2. The Kier molecular flexibility index (Phi) is 4.09. The number of benzene rings is 3. The van der Waals surface area contributed by atoms with Gasteiger partial charge in [0.05, 0.1) is 29.4 Å². The Bertz CT molecular complexity index is 1390. The van der Waals surface area contributed by atoms with Crippen LogP contribution in [0.1, 0.15) is 0 Å². The molecule has 29 heavy (non-hydrogen) atoms. The molecule has 0 radical (unpaired) electrons. The zero-order valence-electron chi connectivity index (χ0n) is 15.5. The summed E-state index contributed by atoms with van der Waals surface area (Å²) in [6.45, 7) is 0. The van der Waals surface area contributed by atoms with Crippen molar-refractivity contribution in [2.45, 2.75) is 0 Å². The van der Waals surface area contributed by atoms with E-state index in [9.17, 15) is 4.39 Å². The summed E-state index contributed by atoms with van der Waals surface area (Å²) >= 11 is 0. The molecule has 0 bridgehead atoms. The van der Waals surface area contributed by atoms with Crippen molar-refractivity contribution in [3.63, 3.8) is 0 Å². The topological polar surface area (TPSA) is 63.4 Å². The van der Waals surface area contributed by atoms with Gasteiger partial charge in [0, 0.05) is 11.5 Å². The number of nitrogens with zero attached hydrogens (tertiary/aromatic N) is 2. The first-order chi connectivity index (χ1) is 14.2. The molecule has 1 N–H and O–H groups in total. The number of rotatable bonds is 3. The lowest BCUT2D eigenvalue weighted by molar-refractivity contribution is 0.414. The monoisotopic (exact) mass is 385 g/mol. The highest BCUT2D eigenvalue weighted by atomic mass is 19.1. The van der Waals surface area contributed by atoms with E-state index in [2.05, 4.69) is 15.0 Å². The molecule has 5 nitrogen and oxygen atoms in total. The molecule has 6 heteroatoms. The molecule has 0 saturated heterocycles. The lowest BCUT2D eigenvalue weighted by atomic mass is 10.1. The fraction of sp³-hybridized carbons (Fsp3) is 0.0435. The van der Waals surface area contributed by atoms with Gasteiger partial charge in [0.1, 0.15) is 23.0 Å². The van der Waals surface area contributed by atoms with E-state index in [4.69, 9.17) is 9.15 Å². The maximum Gasteiger partial charge on any atom is 0.230 e. The number of hydrogen-bond acceptors (Lipinski definition) is 4. The fourth-order valence-corrected chi connectivity index (χ4v) is 3.22. The summed E-state index contributed by atoms with van der Waals surface area (Å²) < 4.78 is 25.1. The van der Waals surface area contributed by atoms with E-state index in [1.165, 1.54) is 12.1 Å². The van der Waals surface area contributed by atoms with Crippen LogP contribution >= 0.6 is 0 Å². The molecule has 0 atom stereocenters. The summed E-state index contributed by atoms with van der Waals surface area (Å²) in [5.41, 5.74) is 3.83. The highest BCUT2D eigenvalue weighted by molar-refractivity contribution is 5.84. The van der Waals surface area contributed by atoms with Gasteiger partial charge in [0.2, 0.25) is 5.55 Å². The third-order valence-electron chi connectivity index (χ3n) is 4.64. The smallest absolute Gasteiger partial charge is 0.230 e. The molecule has 5 rings (SSSR count). The van der Waals surface area contributed by atoms with Gasteiger partial charge in [0.25, 0.3) is 0 Å². The number of fused-ring (bicyclic) bond motifs is 2. The average molecular weight is 385 g/mol. The maximum atomic E-state index is 13.7. The van der Waals surface area contributed by atoms with Gasteiger partial charge in [0.15, 0.2) is 0 Å².